The van der Waals surface area contributed by atoms with E-state index in [9.17, 15) is 4.79 Å². The molecule has 0 aliphatic carbocycles. The van der Waals surface area contributed by atoms with Gasteiger partial charge in [-0.25, -0.2) is 4.68 Å². The minimum Gasteiger partial charge on any atom is -0.361 e. The highest BCUT2D eigenvalue weighted by molar-refractivity contribution is 5.96. The molecule has 0 aliphatic heterocycles. The number of hydrogen-bond acceptors (Lipinski definition) is 4. The molecule has 0 aliphatic rings. The first-order valence-electron chi connectivity index (χ1n) is 8.36. The van der Waals surface area contributed by atoms with E-state index >= 15 is 0 Å². The van der Waals surface area contributed by atoms with E-state index in [1.165, 1.54) is 0 Å². The van der Waals surface area contributed by atoms with Crippen LogP contribution in [0, 0.1) is 20.8 Å². The lowest BCUT2D eigenvalue weighted by Gasteiger charge is -2.07. The van der Waals surface area contributed by atoms with Gasteiger partial charge in [0.05, 0.1) is 17.1 Å². The van der Waals surface area contributed by atoms with Gasteiger partial charge >= 0.3 is 0 Å². The van der Waals surface area contributed by atoms with Gasteiger partial charge in [0.2, 0.25) is 0 Å². The molecule has 3 aromatic rings. The van der Waals surface area contributed by atoms with E-state index in [1.807, 2.05) is 55.8 Å². The van der Waals surface area contributed by atoms with Gasteiger partial charge in [-0.2, -0.15) is 5.10 Å². The van der Waals surface area contributed by atoms with Gasteiger partial charge < -0.3 is 9.84 Å². The quantitative estimate of drug-likeness (QED) is 0.775. The Morgan fingerprint density at radius 3 is 2.60 bits per heavy atom. The predicted octanol–water partition coefficient (Wildman–Crippen LogP) is 3.28. The molecule has 0 atom stereocenters. The number of amides is 1. The van der Waals surface area contributed by atoms with Crippen molar-refractivity contribution in [2.75, 3.05) is 0 Å². The lowest BCUT2D eigenvalue weighted by molar-refractivity contribution is 0.0948. The first kappa shape index (κ1) is 17.0. The summed E-state index contributed by atoms with van der Waals surface area (Å²) in [6.45, 7) is 8.08. The summed E-state index contributed by atoms with van der Waals surface area (Å²) in [5.74, 6) is 0.379. The highest BCUT2D eigenvalue weighted by Crippen LogP contribution is 2.19. The Bertz CT molecular complexity index is 894. The minimum atomic E-state index is -0.165. The van der Waals surface area contributed by atoms with Crippen molar-refractivity contribution in [1.82, 2.24) is 20.3 Å². The maximum Gasteiger partial charge on any atom is 0.257 e. The number of para-hydroxylation sites is 1. The molecule has 25 heavy (non-hydrogen) atoms. The van der Waals surface area contributed by atoms with Gasteiger partial charge in [0.1, 0.15) is 11.3 Å². The van der Waals surface area contributed by atoms with Crippen molar-refractivity contribution < 1.29 is 9.32 Å². The third-order valence-corrected chi connectivity index (χ3v) is 4.36. The Kier molecular flexibility index (Phi) is 4.70. The first-order valence-corrected chi connectivity index (χ1v) is 8.36. The van der Waals surface area contributed by atoms with Gasteiger partial charge in [-0.1, -0.05) is 30.3 Å². The van der Waals surface area contributed by atoms with E-state index in [2.05, 4.69) is 15.6 Å². The fourth-order valence-electron chi connectivity index (χ4n) is 2.96. The Hall–Kier alpha value is -2.89. The number of aryl methyl sites for hydroxylation is 3. The monoisotopic (exact) mass is 338 g/mol. The molecule has 2 heterocycles. The van der Waals surface area contributed by atoms with Crippen molar-refractivity contribution in [1.29, 1.82) is 0 Å². The van der Waals surface area contributed by atoms with Crippen LogP contribution in [0.5, 0.6) is 0 Å². The number of carbonyl (C=O) groups excluding carboxylic acids is 1. The third kappa shape index (κ3) is 3.20. The van der Waals surface area contributed by atoms with Crippen LogP contribution in [0.2, 0.25) is 0 Å². The highest BCUT2D eigenvalue weighted by atomic mass is 16.5. The molecule has 0 unspecified atom stereocenters. The summed E-state index contributed by atoms with van der Waals surface area (Å²) in [6.07, 6.45) is 0.657. The number of benzene rings is 1. The Morgan fingerprint density at radius 2 is 1.92 bits per heavy atom. The molecular weight excluding hydrogens is 316 g/mol. The van der Waals surface area contributed by atoms with Gasteiger partial charge in [0.25, 0.3) is 5.91 Å². The SMILES string of the molecule is CCc1noc(C)c1C(=O)NCc1c(C)nn(-c2ccccc2)c1C. The van der Waals surface area contributed by atoms with Crippen LogP contribution in [-0.4, -0.2) is 20.8 Å². The molecule has 0 saturated heterocycles. The lowest BCUT2D eigenvalue weighted by atomic mass is 10.1. The van der Waals surface area contributed by atoms with E-state index in [4.69, 9.17) is 4.52 Å². The molecule has 0 radical (unpaired) electrons. The molecule has 3 rings (SSSR count). The number of nitrogens with zero attached hydrogens (tertiary/aromatic N) is 3. The molecule has 1 N–H and O–H groups in total. The van der Waals surface area contributed by atoms with E-state index in [-0.39, 0.29) is 5.91 Å². The van der Waals surface area contributed by atoms with Crippen LogP contribution in [-0.2, 0) is 13.0 Å². The molecule has 2 aromatic heterocycles. The molecule has 6 nitrogen and oxygen atoms in total. The molecule has 0 fully saturated rings. The van der Waals surface area contributed by atoms with Crippen LogP contribution in [0.1, 0.15) is 45.7 Å². The number of carbonyl (C=O) groups is 1. The smallest absolute Gasteiger partial charge is 0.257 e. The van der Waals surface area contributed by atoms with Crippen LogP contribution in [0.3, 0.4) is 0 Å². The van der Waals surface area contributed by atoms with Gasteiger partial charge in [-0.05, 0) is 39.3 Å². The van der Waals surface area contributed by atoms with E-state index in [1.54, 1.807) is 6.92 Å². The van der Waals surface area contributed by atoms with Crippen LogP contribution < -0.4 is 5.32 Å². The summed E-state index contributed by atoms with van der Waals surface area (Å²) < 4.78 is 7.04. The van der Waals surface area contributed by atoms with Gasteiger partial charge in [0, 0.05) is 17.8 Å². The summed E-state index contributed by atoms with van der Waals surface area (Å²) in [4.78, 5) is 12.5. The average molecular weight is 338 g/mol. The summed E-state index contributed by atoms with van der Waals surface area (Å²) in [7, 11) is 0. The zero-order valence-electron chi connectivity index (χ0n) is 15.0. The lowest BCUT2D eigenvalue weighted by Crippen LogP contribution is -2.24. The predicted molar refractivity (Wildman–Crippen MR) is 94.8 cm³/mol. The number of rotatable bonds is 5. The molecule has 1 aromatic carbocycles. The number of nitrogens with one attached hydrogen (secondary N) is 1. The summed E-state index contributed by atoms with van der Waals surface area (Å²) in [6, 6.07) is 9.96. The third-order valence-electron chi connectivity index (χ3n) is 4.36. The molecule has 6 heteroatoms. The van der Waals surface area contributed by atoms with Gasteiger partial charge in [-0.15, -0.1) is 0 Å². The summed E-state index contributed by atoms with van der Waals surface area (Å²) >= 11 is 0. The second kappa shape index (κ2) is 6.93. The molecule has 0 bridgehead atoms. The zero-order valence-corrected chi connectivity index (χ0v) is 15.0. The Morgan fingerprint density at radius 1 is 1.20 bits per heavy atom. The topological polar surface area (TPSA) is 73.0 Å². The molecular formula is C19H22N4O2. The van der Waals surface area contributed by atoms with Crippen LogP contribution >= 0.6 is 0 Å². The Labute approximate surface area is 146 Å². The molecule has 0 spiro atoms. The zero-order chi connectivity index (χ0) is 18.0. The van der Waals surface area contributed by atoms with Crippen LogP contribution in [0.25, 0.3) is 5.69 Å². The van der Waals surface area contributed by atoms with Crippen LogP contribution in [0.4, 0.5) is 0 Å². The summed E-state index contributed by atoms with van der Waals surface area (Å²) in [5.41, 5.74) is 5.16. The van der Waals surface area contributed by atoms with Crippen molar-refractivity contribution in [2.24, 2.45) is 0 Å². The van der Waals surface area contributed by atoms with Gasteiger partial charge in [0.15, 0.2) is 0 Å². The van der Waals surface area contributed by atoms with Crippen molar-refractivity contribution in [3.63, 3.8) is 0 Å². The second-order valence-electron chi connectivity index (χ2n) is 5.99. The van der Waals surface area contributed by atoms with Crippen molar-refractivity contribution in [2.45, 2.75) is 40.7 Å². The fraction of sp³-hybridized carbons (Fsp3) is 0.316. The van der Waals surface area contributed by atoms with Crippen molar-refractivity contribution in [3.8, 4) is 5.69 Å². The number of aromatic nitrogens is 3. The molecule has 130 valence electrons. The van der Waals surface area contributed by atoms with Crippen molar-refractivity contribution >= 4 is 5.91 Å². The first-order chi connectivity index (χ1) is 12.0. The normalized spacial score (nSPS) is 10.9. The van der Waals surface area contributed by atoms with Crippen molar-refractivity contribution in [3.05, 3.63) is 64.3 Å². The summed E-state index contributed by atoms with van der Waals surface area (Å²) in [5, 5.41) is 11.5. The standard InChI is InChI=1S/C19H22N4O2/c1-5-17-18(14(4)25-22-17)19(24)20-11-16-12(2)21-23(13(16)3)15-9-7-6-8-10-15/h6-10H,5,11H2,1-4H3,(H,20,24). The Balaban J connectivity index is 1.81. The largest absolute Gasteiger partial charge is 0.361 e. The van der Waals surface area contributed by atoms with E-state index in [0.717, 1.165) is 22.6 Å². The molecule has 0 saturated carbocycles. The average Bonchev–Trinajstić information content (AvgIpc) is 3.13. The van der Waals surface area contributed by atoms with E-state index in [0.29, 0.717) is 30.0 Å². The maximum atomic E-state index is 12.5. The minimum absolute atomic E-state index is 0.165. The van der Waals surface area contributed by atoms with E-state index < -0.39 is 0 Å². The maximum absolute atomic E-state index is 12.5. The van der Waals surface area contributed by atoms with Crippen LogP contribution in [0.15, 0.2) is 34.9 Å². The second-order valence-corrected chi connectivity index (χ2v) is 5.99. The van der Waals surface area contributed by atoms with Gasteiger partial charge in [-0.3, -0.25) is 4.79 Å². The molecule has 1 amide bonds. The number of hydrogen-bond donors (Lipinski definition) is 1. The fourth-order valence-corrected chi connectivity index (χ4v) is 2.96. The highest BCUT2D eigenvalue weighted by Gasteiger charge is 2.20.